The summed E-state index contributed by atoms with van der Waals surface area (Å²) in [6.07, 6.45) is 4.43. The van der Waals surface area contributed by atoms with Crippen molar-refractivity contribution in [1.82, 2.24) is 4.90 Å². The highest BCUT2D eigenvalue weighted by atomic mass is 35.5. The van der Waals surface area contributed by atoms with Crippen molar-refractivity contribution in [2.45, 2.75) is 37.5 Å². The zero-order valence-corrected chi connectivity index (χ0v) is 10.4. The monoisotopic (exact) mass is 254 g/mol. The number of hydrogen-bond donors (Lipinski definition) is 1. The highest BCUT2D eigenvalue weighted by Crippen LogP contribution is 2.37. The summed E-state index contributed by atoms with van der Waals surface area (Å²) in [6, 6.07) is 1.02. The molecule has 0 aromatic heterocycles. The maximum atomic E-state index is 5.93. The van der Waals surface area contributed by atoms with E-state index in [0.717, 1.165) is 32.0 Å². The number of nitrogens with zero attached hydrogens (tertiary/aromatic N) is 1. The average molecular weight is 255 g/mol. The van der Waals surface area contributed by atoms with E-state index in [-0.39, 0.29) is 24.8 Å². The lowest BCUT2D eigenvalue weighted by Crippen LogP contribution is -2.47. The molecule has 3 fully saturated rings. The van der Waals surface area contributed by atoms with Crippen molar-refractivity contribution >= 4 is 24.8 Å². The Balaban J connectivity index is 0.000000562. The predicted octanol–water partition coefficient (Wildman–Crippen LogP) is 1.04. The first-order valence-electron chi connectivity index (χ1n) is 5.44. The van der Waals surface area contributed by atoms with Crippen LogP contribution in [0.3, 0.4) is 0 Å². The van der Waals surface area contributed by atoms with Gasteiger partial charge in [0.1, 0.15) is 0 Å². The largest absolute Gasteiger partial charge is 0.375 e. The Hall–Kier alpha value is 0.460. The second-order valence-electron chi connectivity index (χ2n) is 4.81. The molecule has 90 valence electrons. The average Bonchev–Trinajstić information content (AvgIpc) is 2.87. The third kappa shape index (κ3) is 2.77. The molecule has 15 heavy (non-hydrogen) atoms. The van der Waals surface area contributed by atoms with Gasteiger partial charge in [0.25, 0.3) is 0 Å². The fourth-order valence-corrected chi connectivity index (χ4v) is 2.69. The standard InChI is InChI=1S/C10H18N2O.2ClH/c11-8-3-9-6-13-10(7-1-2-7)5-12(9)4-8;;/h7-10H,1-6,11H2;2*1H/t8-,9-,10-;;/m0../s1. The first-order valence-corrected chi connectivity index (χ1v) is 5.44. The molecule has 0 radical (unpaired) electrons. The summed E-state index contributed by atoms with van der Waals surface area (Å²) in [6.45, 7) is 3.16. The fraction of sp³-hybridized carbons (Fsp3) is 1.00. The van der Waals surface area contributed by atoms with Crippen LogP contribution in [0.15, 0.2) is 0 Å². The van der Waals surface area contributed by atoms with Gasteiger partial charge in [0.15, 0.2) is 0 Å². The van der Waals surface area contributed by atoms with Crippen LogP contribution in [0.4, 0.5) is 0 Å². The van der Waals surface area contributed by atoms with Crippen LogP contribution in [0, 0.1) is 5.92 Å². The summed E-state index contributed by atoms with van der Waals surface area (Å²) in [7, 11) is 0. The molecule has 3 rings (SSSR count). The van der Waals surface area contributed by atoms with E-state index in [1.807, 2.05) is 0 Å². The molecule has 2 N–H and O–H groups in total. The second kappa shape index (κ2) is 5.19. The molecule has 0 amide bonds. The van der Waals surface area contributed by atoms with E-state index in [4.69, 9.17) is 10.5 Å². The quantitative estimate of drug-likeness (QED) is 0.761. The highest BCUT2D eigenvalue weighted by molar-refractivity contribution is 5.85. The van der Waals surface area contributed by atoms with Gasteiger partial charge in [0.05, 0.1) is 12.7 Å². The van der Waals surface area contributed by atoms with Crippen LogP contribution in [-0.4, -0.2) is 42.8 Å². The summed E-state index contributed by atoms with van der Waals surface area (Å²) >= 11 is 0. The number of halogens is 2. The molecule has 3 atom stereocenters. The Labute approximate surface area is 104 Å². The SMILES string of the molecule is Cl.Cl.N[C@H]1C[C@H]2CO[C@H](C3CC3)CN2C1. The predicted molar refractivity (Wildman–Crippen MR) is 64.9 cm³/mol. The van der Waals surface area contributed by atoms with Gasteiger partial charge in [-0.1, -0.05) is 0 Å². The lowest BCUT2D eigenvalue weighted by Gasteiger charge is -2.35. The zero-order chi connectivity index (χ0) is 8.84. The van der Waals surface area contributed by atoms with Crippen molar-refractivity contribution in [1.29, 1.82) is 0 Å². The summed E-state index contributed by atoms with van der Waals surface area (Å²) in [5, 5.41) is 0. The summed E-state index contributed by atoms with van der Waals surface area (Å²) < 4.78 is 5.87. The minimum atomic E-state index is 0. The molecule has 0 aromatic rings. The van der Waals surface area contributed by atoms with E-state index in [1.54, 1.807) is 0 Å². The lowest BCUT2D eigenvalue weighted by molar-refractivity contribution is -0.0581. The molecule has 2 saturated heterocycles. The van der Waals surface area contributed by atoms with Crippen LogP contribution in [0.25, 0.3) is 0 Å². The summed E-state index contributed by atoms with van der Waals surface area (Å²) in [5.74, 6) is 0.873. The summed E-state index contributed by atoms with van der Waals surface area (Å²) in [5.41, 5.74) is 5.93. The second-order valence-corrected chi connectivity index (χ2v) is 4.81. The van der Waals surface area contributed by atoms with Gasteiger partial charge in [-0.05, 0) is 25.2 Å². The first kappa shape index (κ1) is 13.5. The first-order chi connectivity index (χ1) is 6.33. The van der Waals surface area contributed by atoms with E-state index in [9.17, 15) is 0 Å². The molecule has 3 aliphatic rings. The van der Waals surface area contributed by atoms with Gasteiger partial charge < -0.3 is 10.5 Å². The Morgan fingerprint density at radius 1 is 1.13 bits per heavy atom. The van der Waals surface area contributed by atoms with E-state index in [2.05, 4.69) is 4.90 Å². The zero-order valence-electron chi connectivity index (χ0n) is 8.80. The molecule has 1 aliphatic carbocycles. The minimum absolute atomic E-state index is 0. The van der Waals surface area contributed by atoms with Gasteiger partial charge in [-0.3, -0.25) is 4.90 Å². The Kier molecular flexibility index (Phi) is 4.68. The number of morpholine rings is 1. The van der Waals surface area contributed by atoms with Crippen molar-refractivity contribution in [3.8, 4) is 0 Å². The van der Waals surface area contributed by atoms with E-state index >= 15 is 0 Å². The third-order valence-electron chi connectivity index (χ3n) is 3.63. The maximum Gasteiger partial charge on any atom is 0.0731 e. The number of hydrogen-bond acceptors (Lipinski definition) is 3. The fourth-order valence-electron chi connectivity index (χ4n) is 2.69. The molecule has 1 saturated carbocycles. The number of fused-ring (bicyclic) bond motifs is 1. The molecule has 0 unspecified atom stereocenters. The van der Waals surface area contributed by atoms with Gasteiger partial charge >= 0.3 is 0 Å². The molecular formula is C10H20Cl2N2O. The Morgan fingerprint density at radius 3 is 2.53 bits per heavy atom. The van der Waals surface area contributed by atoms with Gasteiger partial charge in [-0.2, -0.15) is 0 Å². The number of nitrogens with two attached hydrogens (primary N) is 1. The van der Waals surface area contributed by atoms with E-state index in [1.165, 1.54) is 12.8 Å². The Morgan fingerprint density at radius 2 is 1.87 bits per heavy atom. The molecule has 3 nitrogen and oxygen atoms in total. The van der Waals surface area contributed by atoms with Crippen molar-refractivity contribution in [3.05, 3.63) is 0 Å². The smallest absolute Gasteiger partial charge is 0.0731 e. The van der Waals surface area contributed by atoms with Crippen LogP contribution >= 0.6 is 24.8 Å². The van der Waals surface area contributed by atoms with Gasteiger partial charge in [-0.15, -0.1) is 24.8 Å². The Bertz CT molecular complexity index is 214. The topological polar surface area (TPSA) is 38.5 Å². The lowest BCUT2D eigenvalue weighted by atomic mass is 10.1. The molecule has 0 bridgehead atoms. The normalized spacial score (nSPS) is 40.2. The van der Waals surface area contributed by atoms with E-state index < -0.39 is 0 Å². The van der Waals surface area contributed by atoms with Crippen LogP contribution < -0.4 is 5.73 Å². The minimum Gasteiger partial charge on any atom is -0.375 e. The molecule has 0 aromatic carbocycles. The molecule has 0 spiro atoms. The van der Waals surface area contributed by atoms with Gasteiger partial charge in [0.2, 0.25) is 0 Å². The van der Waals surface area contributed by atoms with Crippen molar-refractivity contribution in [2.75, 3.05) is 19.7 Å². The number of rotatable bonds is 1. The van der Waals surface area contributed by atoms with Crippen molar-refractivity contribution in [3.63, 3.8) is 0 Å². The maximum absolute atomic E-state index is 5.93. The molecule has 2 aliphatic heterocycles. The van der Waals surface area contributed by atoms with Gasteiger partial charge in [-0.25, -0.2) is 0 Å². The van der Waals surface area contributed by atoms with Crippen LogP contribution in [-0.2, 0) is 4.74 Å². The van der Waals surface area contributed by atoms with Crippen LogP contribution in [0.1, 0.15) is 19.3 Å². The number of ether oxygens (including phenoxy) is 1. The van der Waals surface area contributed by atoms with Gasteiger partial charge in [0, 0.05) is 25.2 Å². The summed E-state index contributed by atoms with van der Waals surface area (Å²) in [4.78, 5) is 2.54. The van der Waals surface area contributed by atoms with E-state index in [0.29, 0.717) is 18.2 Å². The third-order valence-corrected chi connectivity index (χ3v) is 3.63. The molecule has 2 heterocycles. The van der Waals surface area contributed by atoms with Crippen molar-refractivity contribution < 1.29 is 4.74 Å². The van der Waals surface area contributed by atoms with Crippen molar-refractivity contribution in [2.24, 2.45) is 11.7 Å². The van der Waals surface area contributed by atoms with Crippen LogP contribution in [0.2, 0.25) is 0 Å². The highest BCUT2D eigenvalue weighted by Gasteiger charge is 2.41. The van der Waals surface area contributed by atoms with Crippen LogP contribution in [0.5, 0.6) is 0 Å². The molecule has 5 heteroatoms. The molecular weight excluding hydrogens is 235 g/mol.